The Labute approximate surface area is 225 Å². The summed E-state index contributed by atoms with van der Waals surface area (Å²) >= 11 is 0. The molecule has 0 bridgehead atoms. The van der Waals surface area contributed by atoms with Gasteiger partial charge in [0.1, 0.15) is 46.1 Å². The summed E-state index contributed by atoms with van der Waals surface area (Å²) in [5.41, 5.74) is -4.38. The first kappa shape index (κ1) is 29.3. The molecule has 41 heavy (non-hydrogen) atoms. The smallest absolute Gasteiger partial charge is 0.429 e. The summed E-state index contributed by atoms with van der Waals surface area (Å²) in [6, 6.07) is 4.91. The lowest BCUT2D eigenvalue weighted by Crippen LogP contribution is -2.23. The fraction of sp³-hybridized carbons (Fsp3) is 0.103. The van der Waals surface area contributed by atoms with Gasteiger partial charge in [0.25, 0.3) is 0 Å². The molecule has 4 rings (SSSR count). The quantitative estimate of drug-likeness (QED) is 0.129. The van der Waals surface area contributed by atoms with E-state index in [0.29, 0.717) is 48.5 Å². The number of halogens is 10. The highest BCUT2D eigenvalue weighted by Gasteiger charge is 2.38. The van der Waals surface area contributed by atoms with Gasteiger partial charge in [0, 0.05) is 23.8 Å². The molecule has 0 aromatic heterocycles. The summed E-state index contributed by atoms with van der Waals surface area (Å²) in [4.78, 5) is 0. The average Bonchev–Trinajstić information content (AvgIpc) is 2.86. The van der Waals surface area contributed by atoms with Crippen molar-refractivity contribution >= 4 is 0 Å². The molecular weight excluding hydrogens is 570 g/mol. The molecule has 0 fully saturated rings. The summed E-state index contributed by atoms with van der Waals surface area (Å²) < 4.78 is 151. The van der Waals surface area contributed by atoms with E-state index in [4.69, 9.17) is 4.74 Å². The molecule has 0 atom stereocenters. The van der Waals surface area contributed by atoms with E-state index in [0.717, 1.165) is 6.07 Å². The van der Waals surface area contributed by atoms with Crippen LogP contribution in [-0.4, -0.2) is 6.61 Å². The minimum Gasteiger partial charge on any atom is -0.494 e. The Morgan fingerprint density at radius 3 is 1.73 bits per heavy atom. The molecule has 0 amide bonds. The van der Waals surface area contributed by atoms with Gasteiger partial charge in [-0.1, -0.05) is 11.8 Å². The van der Waals surface area contributed by atoms with Gasteiger partial charge in [-0.3, -0.25) is 0 Å². The highest BCUT2D eigenvalue weighted by molar-refractivity contribution is 5.67. The van der Waals surface area contributed by atoms with Crippen LogP contribution in [0.1, 0.15) is 23.6 Å². The molecule has 2 nitrogen and oxygen atoms in total. The van der Waals surface area contributed by atoms with Crippen molar-refractivity contribution in [3.63, 3.8) is 0 Å². The second-order valence-electron chi connectivity index (χ2n) is 8.27. The van der Waals surface area contributed by atoms with Gasteiger partial charge < -0.3 is 9.47 Å². The fourth-order valence-electron chi connectivity index (χ4n) is 3.68. The van der Waals surface area contributed by atoms with Crippen molar-refractivity contribution in [3.05, 3.63) is 118 Å². The van der Waals surface area contributed by atoms with Gasteiger partial charge in [0.2, 0.25) is 0 Å². The van der Waals surface area contributed by atoms with Crippen molar-refractivity contribution < 1.29 is 53.4 Å². The standard InChI is InChI=1S/C29H14F10O2/c1-2-40-16-4-6-19(22(32)11-16)29(38,39)41-17-12-23(33)27(24(34)13-17)15-9-20(30)18(21(31)10-15)5-3-14-7-25(35)28(37)26(36)8-14/h4,6-13H,2H2,1H3. The van der Waals surface area contributed by atoms with Crippen LogP contribution in [0.2, 0.25) is 0 Å². The Hall–Kier alpha value is -4.66. The molecular formula is C29H14F10O2. The Balaban J connectivity index is 1.63. The molecule has 0 radical (unpaired) electrons. The Morgan fingerprint density at radius 1 is 0.634 bits per heavy atom. The van der Waals surface area contributed by atoms with Crippen LogP contribution in [0.3, 0.4) is 0 Å². The number of rotatable bonds is 6. The summed E-state index contributed by atoms with van der Waals surface area (Å²) in [6.45, 7) is 1.73. The highest BCUT2D eigenvalue weighted by Crippen LogP contribution is 2.37. The van der Waals surface area contributed by atoms with Crippen LogP contribution >= 0.6 is 0 Å². The first-order valence-corrected chi connectivity index (χ1v) is 11.5. The van der Waals surface area contributed by atoms with E-state index in [1.165, 1.54) is 0 Å². The van der Waals surface area contributed by atoms with Crippen LogP contribution in [0.4, 0.5) is 43.9 Å². The molecule has 0 aliphatic rings. The third-order valence-corrected chi connectivity index (χ3v) is 5.47. The predicted molar refractivity (Wildman–Crippen MR) is 126 cm³/mol. The van der Waals surface area contributed by atoms with E-state index in [1.54, 1.807) is 6.92 Å². The Kier molecular flexibility index (Phi) is 8.19. The molecule has 0 aliphatic heterocycles. The molecule has 0 saturated carbocycles. The van der Waals surface area contributed by atoms with Gasteiger partial charge >= 0.3 is 6.11 Å². The molecule has 0 spiro atoms. The van der Waals surface area contributed by atoms with Crippen molar-refractivity contribution in [2.75, 3.05) is 6.61 Å². The van der Waals surface area contributed by atoms with Crippen molar-refractivity contribution in [1.82, 2.24) is 0 Å². The van der Waals surface area contributed by atoms with Gasteiger partial charge in [-0.2, -0.15) is 8.78 Å². The van der Waals surface area contributed by atoms with Crippen molar-refractivity contribution in [1.29, 1.82) is 0 Å². The van der Waals surface area contributed by atoms with E-state index in [9.17, 15) is 43.9 Å². The van der Waals surface area contributed by atoms with Crippen LogP contribution in [0.5, 0.6) is 11.5 Å². The van der Waals surface area contributed by atoms with E-state index >= 15 is 0 Å². The third kappa shape index (κ3) is 6.24. The van der Waals surface area contributed by atoms with Crippen LogP contribution in [-0.2, 0) is 6.11 Å². The zero-order chi connectivity index (χ0) is 30.1. The number of benzene rings is 4. The molecule has 0 N–H and O–H groups in total. The molecule has 0 saturated heterocycles. The lowest BCUT2D eigenvalue weighted by atomic mass is 10.0. The molecule has 4 aromatic rings. The third-order valence-electron chi connectivity index (χ3n) is 5.47. The summed E-state index contributed by atoms with van der Waals surface area (Å²) in [5.74, 6) is -9.46. The summed E-state index contributed by atoms with van der Waals surface area (Å²) in [5, 5.41) is 0. The van der Waals surface area contributed by atoms with E-state index in [-0.39, 0.29) is 12.4 Å². The average molecular weight is 584 g/mol. The van der Waals surface area contributed by atoms with Crippen LogP contribution in [0, 0.1) is 58.4 Å². The maximum atomic E-state index is 14.8. The van der Waals surface area contributed by atoms with Gasteiger partial charge in [-0.05, 0) is 48.9 Å². The normalized spacial score (nSPS) is 11.2. The predicted octanol–water partition coefficient (Wildman–Crippen LogP) is 8.39. The lowest BCUT2D eigenvalue weighted by molar-refractivity contribution is -0.187. The Morgan fingerprint density at radius 2 is 1.20 bits per heavy atom. The SMILES string of the molecule is CCOc1ccc(C(F)(F)Oc2cc(F)c(-c3cc(F)c(C#Cc4cc(F)c(F)c(F)c4)c(F)c3)c(F)c2)c(F)c1. The van der Waals surface area contributed by atoms with Crippen molar-refractivity contribution in [2.24, 2.45) is 0 Å². The molecule has 0 heterocycles. The second kappa shape index (κ2) is 11.4. The van der Waals surface area contributed by atoms with Gasteiger partial charge in [0.05, 0.1) is 17.7 Å². The minimum atomic E-state index is -4.38. The number of ether oxygens (including phenoxy) is 2. The zero-order valence-electron chi connectivity index (χ0n) is 20.5. The largest absolute Gasteiger partial charge is 0.494 e. The highest BCUT2D eigenvalue weighted by atomic mass is 19.3. The van der Waals surface area contributed by atoms with Crippen LogP contribution < -0.4 is 9.47 Å². The van der Waals surface area contributed by atoms with Crippen molar-refractivity contribution in [3.8, 4) is 34.5 Å². The van der Waals surface area contributed by atoms with Gasteiger partial charge in [-0.15, -0.1) is 0 Å². The summed E-state index contributed by atoms with van der Waals surface area (Å²) in [7, 11) is 0. The number of alkyl halides is 2. The topological polar surface area (TPSA) is 18.5 Å². The Bertz CT molecular complexity index is 1640. The maximum Gasteiger partial charge on any atom is 0.429 e. The van der Waals surface area contributed by atoms with Gasteiger partial charge in [0.15, 0.2) is 17.5 Å². The zero-order valence-corrected chi connectivity index (χ0v) is 20.5. The first-order valence-electron chi connectivity index (χ1n) is 11.5. The minimum absolute atomic E-state index is 0.0410. The lowest BCUT2D eigenvalue weighted by Gasteiger charge is -2.20. The molecule has 12 heteroatoms. The molecule has 0 unspecified atom stereocenters. The monoisotopic (exact) mass is 584 g/mol. The van der Waals surface area contributed by atoms with E-state index < -0.39 is 86.2 Å². The molecule has 0 aliphatic carbocycles. The van der Waals surface area contributed by atoms with Gasteiger partial charge in [-0.25, -0.2) is 35.1 Å². The van der Waals surface area contributed by atoms with E-state index in [2.05, 4.69) is 4.74 Å². The van der Waals surface area contributed by atoms with Crippen LogP contribution in [0.15, 0.2) is 54.6 Å². The number of hydrogen-bond donors (Lipinski definition) is 0. The molecule has 4 aromatic carbocycles. The van der Waals surface area contributed by atoms with E-state index in [1.807, 2.05) is 11.8 Å². The maximum absolute atomic E-state index is 14.8. The summed E-state index contributed by atoms with van der Waals surface area (Å²) in [6.07, 6.45) is -4.38. The first-order chi connectivity index (χ1) is 19.3. The fourth-order valence-corrected chi connectivity index (χ4v) is 3.68. The second-order valence-corrected chi connectivity index (χ2v) is 8.27. The van der Waals surface area contributed by atoms with Crippen molar-refractivity contribution in [2.45, 2.75) is 13.0 Å². The van der Waals surface area contributed by atoms with Crippen LogP contribution in [0.25, 0.3) is 11.1 Å². The molecule has 212 valence electrons. The number of hydrogen-bond acceptors (Lipinski definition) is 2.